The van der Waals surface area contributed by atoms with Gasteiger partial charge in [-0.2, -0.15) is 0 Å². The minimum Gasteiger partial charge on any atom is -0.493 e. The monoisotopic (exact) mass is 415 g/mol. The van der Waals surface area contributed by atoms with Crippen LogP contribution in [0.1, 0.15) is 27.0 Å². The zero-order chi connectivity index (χ0) is 21.4. The summed E-state index contributed by atoms with van der Waals surface area (Å²) in [5, 5.41) is 3.49. The molecule has 5 rings (SSSR count). The van der Waals surface area contributed by atoms with E-state index in [2.05, 4.69) is 29.6 Å². The van der Waals surface area contributed by atoms with Crippen LogP contribution >= 0.6 is 0 Å². The number of halogens is 1. The van der Waals surface area contributed by atoms with Gasteiger partial charge in [-0.05, 0) is 60.4 Å². The Hall–Kier alpha value is -3.60. The van der Waals surface area contributed by atoms with Gasteiger partial charge in [0.2, 0.25) is 0 Å². The zero-order valence-corrected chi connectivity index (χ0v) is 17.2. The van der Waals surface area contributed by atoms with E-state index in [1.807, 2.05) is 12.1 Å². The number of aryl methyl sites for hydroxylation is 2. The number of furan rings is 1. The maximum atomic E-state index is 13.5. The average Bonchev–Trinajstić information content (AvgIpc) is 3.18. The van der Waals surface area contributed by atoms with Crippen LogP contribution in [0.25, 0.3) is 22.3 Å². The molecule has 156 valence electrons. The Morgan fingerprint density at radius 3 is 2.52 bits per heavy atom. The Morgan fingerprint density at radius 1 is 0.968 bits per heavy atom. The van der Waals surface area contributed by atoms with Crippen LogP contribution in [0.2, 0.25) is 0 Å². The maximum absolute atomic E-state index is 13.5. The van der Waals surface area contributed by atoms with Gasteiger partial charge in [-0.1, -0.05) is 24.3 Å². The highest BCUT2D eigenvalue weighted by Gasteiger charge is 2.26. The van der Waals surface area contributed by atoms with E-state index < -0.39 is 0 Å². The number of hydrogen-bond acceptors (Lipinski definition) is 3. The SMILES string of the molecule is CNC(=O)c1c(-c2ccc(F)cc2)oc2ccc3c(c12)CCc1cccc(c1)CCO3. The Labute approximate surface area is 179 Å². The Bertz CT molecular complexity index is 1270. The van der Waals surface area contributed by atoms with Gasteiger partial charge in [0, 0.05) is 30.0 Å². The van der Waals surface area contributed by atoms with E-state index in [1.165, 1.54) is 23.3 Å². The maximum Gasteiger partial charge on any atom is 0.255 e. The Kier molecular flexibility index (Phi) is 4.94. The van der Waals surface area contributed by atoms with E-state index in [4.69, 9.17) is 9.15 Å². The van der Waals surface area contributed by atoms with Crippen molar-refractivity contribution in [3.63, 3.8) is 0 Å². The van der Waals surface area contributed by atoms with Gasteiger partial charge in [0.25, 0.3) is 5.91 Å². The molecule has 0 atom stereocenters. The molecule has 1 aliphatic rings. The fraction of sp³-hybridized carbons (Fsp3) is 0.192. The van der Waals surface area contributed by atoms with Crippen molar-refractivity contribution in [1.82, 2.24) is 5.32 Å². The van der Waals surface area contributed by atoms with Gasteiger partial charge in [0.1, 0.15) is 22.9 Å². The third-order valence-electron chi connectivity index (χ3n) is 5.78. The second-order valence-electron chi connectivity index (χ2n) is 7.73. The molecule has 1 amide bonds. The van der Waals surface area contributed by atoms with Crippen molar-refractivity contribution in [2.45, 2.75) is 19.3 Å². The summed E-state index contributed by atoms with van der Waals surface area (Å²) >= 11 is 0. The molecule has 4 aromatic rings. The molecule has 0 fully saturated rings. The molecule has 5 heteroatoms. The molecule has 1 N–H and O–H groups in total. The smallest absolute Gasteiger partial charge is 0.255 e. The van der Waals surface area contributed by atoms with Crippen molar-refractivity contribution in [3.8, 4) is 17.1 Å². The van der Waals surface area contributed by atoms with E-state index in [9.17, 15) is 9.18 Å². The van der Waals surface area contributed by atoms with Crippen LogP contribution in [0.4, 0.5) is 4.39 Å². The molecular weight excluding hydrogens is 393 g/mol. The van der Waals surface area contributed by atoms with Crippen molar-refractivity contribution in [1.29, 1.82) is 0 Å². The fourth-order valence-corrected chi connectivity index (χ4v) is 4.26. The molecule has 0 aliphatic carbocycles. The largest absolute Gasteiger partial charge is 0.493 e. The van der Waals surface area contributed by atoms with Crippen molar-refractivity contribution in [3.05, 3.63) is 88.7 Å². The summed E-state index contributed by atoms with van der Waals surface area (Å²) in [6, 6.07) is 18.3. The molecule has 1 aliphatic heterocycles. The first-order chi connectivity index (χ1) is 15.1. The number of fused-ring (bicyclic) bond motifs is 5. The molecule has 2 bridgehead atoms. The fourth-order valence-electron chi connectivity index (χ4n) is 4.26. The summed E-state index contributed by atoms with van der Waals surface area (Å²) in [5.74, 6) is 0.621. The van der Waals surface area contributed by atoms with Crippen LogP contribution in [-0.4, -0.2) is 19.6 Å². The lowest BCUT2D eigenvalue weighted by atomic mass is 9.95. The first kappa shape index (κ1) is 19.4. The molecule has 0 radical (unpaired) electrons. The summed E-state index contributed by atoms with van der Waals surface area (Å²) in [6.45, 7) is 0.555. The second-order valence-corrected chi connectivity index (χ2v) is 7.73. The zero-order valence-electron chi connectivity index (χ0n) is 17.2. The number of carbonyl (C=O) groups excluding carboxylic acids is 1. The van der Waals surface area contributed by atoms with Gasteiger partial charge >= 0.3 is 0 Å². The van der Waals surface area contributed by atoms with Crippen LogP contribution in [-0.2, 0) is 19.3 Å². The molecule has 0 spiro atoms. The van der Waals surface area contributed by atoms with E-state index in [0.29, 0.717) is 35.5 Å². The lowest BCUT2D eigenvalue weighted by molar-refractivity contribution is 0.0964. The van der Waals surface area contributed by atoms with Crippen molar-refractivity contribution in [2.75, 3.05) is 13.7 Å². The summed E-state index contributed by atoms with van der Waals surface area (Å²) < 4.78 is 25.8. The van der Waals surface area contributed by atoms with Gasteiger partial charge in [-0.3, -0.25) is 4.79 Å². The molecule has 2 heterocycles. The van der Waals surface area contributed by atoms with Gasteiger partial charge in [-0.15, -0.1) is 0 Å². The Morgan fingerprint density at radius 2 is 1.74 bits per heavy atom. The summed E-state index contributed by atoms with van der Waals surface area (Å²) in [4.78, 5) is 13.0. The number of carbonyl (C=O) groups is 1. The lowest BCUT2D eigenvalue weighted by Gasteiger charge is -2.16. The normalized spacial score (nSPS) is 13.4. The number of ether oxygens (including phenoxy) is 1. The molecule has 0 saturated carbocycles. The van der Waals surface area contributed by atoms with Crippen LogP contribution in [0.15, 0.2) is 65.1 Å². The van der Waals surface area contributed by atoms with Crippen LogP contribution in [0.5, 0.6) is 5.75 Å². The van der Waals surface area contributed by atoms with E-state index >= 15 is 0 Å². The van der Waals surface area contributed by atoms with Gasteiger partial charge in [0.05, 0.1) is 12.2 Å². The molecule has 1 aromatic heterocycles. The Balaban J connectivity index is 1.71. The van der Waals surface area contributed by atoms with E-state index in [-0.39, 0.29) is 11.7 Å². The van der Waals surface area contributed by atoms with Crippen molar-refractivity contribution < 1.29 is 18.3 Å². The highest BCUT2D eigenvalue weighted by atomic mass is 19.1. The second kappa shape index (κ2) is 7.91. The number of amides is 1. The molecular formula is C26H22FNO3. The number of benzene rings is 3. The number of nitrogens with one attached hydrogen (secondary N) is 1. The highest BCUT2D eigenvalue weighted by molar-refractivity contribution is 6.12. The first-order valence-electron chi connectivity index (χ1n) is 10.4. The van der Waals surface area contributed by atoms with Crippen LogP contribution in [0, 0.1) is 5.82 Å². The van der Waals surface area contributed by atoms with E-state index in [0.717, 1.165) is 29.5 Å². The van der Waals surface area contributed by atoms with Gasteiger partial charge in [-0.25, -0.2) is 4.39 Å². The third-order valence-corrected chi connectivity index (χ3v) is 5.78. The van der Waals surface area contributed by atoms with Gasteiger partial charge in [0.15, 0.2) is 0 Å². The minimum absolute atomic E-state index is 0.245. The minimum atomic E-state index is -0.339. The number of hydrogen-bond donors (Lipinski definition) is 1. The predicted octanol–water partition coefficient (Wildman–Crippen LogP) is 5.32. The molecule has 0 saturated heterocycles. The standard InChI is InChI=1S/C26H22FNO3/c1-28-26(29)24-23-20-10-5-16-3-2-4-17(15-16)13-14-30-21(20)11-12-22(23)31-25(24)18-6-8-19(27)9-7-18/h2-4,6-9,11-12,15H,5,10,13-14H2,1H3,(H,28,29). The average molecular weight is 415 g/mol. The molecule has 0 unspecified atom stereocenters. The first-order valence-corrected chi connectivity index (χ1v) is 10.4. The topological polar surface area (TPSA) is 51.5 Å². The summed E-state index contributed by atoms with van der Waals surface area (Å²) in [7, 11) is 1.60. The molecule has 31 heavy (non-hydrogen) atoms. The molecule has 4 nitrogen and oxygen atoms in total. The van der Waals surface area contributed by atoms with Crippen molar-refractivity contribution >= 4 is 16.9 Å². The van der Waals surface area contributed by atoms with Crippen molar-refractivity contribution in [2.24, 2.45) is 0 Å². The third kappa shape index (κ3) is 3.56. The van der Waals surface area contributed by atoms with Crippen LogP contribution in [0.3, 0.4) is 0 Å². The van der Waals surface area contributed by atoms with E-state index in [1.54, 1.807) is 19.2 Å². The highest BCUT2D eigenvalue weighted by Crippen LogP contribution is 2.39. The quantitative estimate of drug-likeness (QED) is 0.482. The predicted molar refractivity (Wildman–Crippen MR) is 118 cm³/mol. The molecule has 3 aromatic carbocycles. The lowest BCUT2D eigenvalue weighted by Crippen LogP contribution is -2.18. The van der Waals surface area contributed by atoms with Gasteiger partial charge < -0.3 is 14.5 Å². The summed E-state index contributed by atoms with van der Waals surface area (Å²) in [6.07, 6.45) is 2.36. The number of rotatable bonds is 2. The van der Waals surface area contributed by atoms with Crippen LogP contribution < -0.4 is 10.1 Å². The summed E-state index contributed by atoms with van der Waals surface area (Å²) in [5.41, 5.74) is 5.20.